The number of thiophene rings is 1. The Hall–Kier alpha value is -2.31. The monoisotopic (exact) mass is 355 g/mol. The molecule has 3 rings (SSSR count). The van der Waals surface area contributed by atoms with Crippen LogP contribution in [-0.4, -0.2) is 37.7 Å². The minimum absolute atomic E-state index is 0.218. The third kappa shape index (κ3) is 4.21. The van der Waals surface area contributed by atoms with Crippen molar-refractivity contribution < 1.29 is 0 Å². The maximum Gasteiger partial charge on any atom is 0.183 e. The van der Waals surface area contributed by atoms with Crippen LogP contribution in [0.3, 0.4) is 0 Å². The second-order valence-corrected chi connectivity index (χ2v) is 7.35. The van der Waals surface area contributed by atoms with E-state index in [1.54, 1.807) is 11.3 Å². The van der Waals surface area contributed by atoms with Crippen LogP contribution < -0.4 is 16.0 Å². The zero-order chi connectivity index (χ0) is 17.8. The van der Waals surface area contributed by atoms with Gasteiger partial charge in [0.1, 0.15) is 11.7 Å². The van der Waals surface area contributed by atoms with Gasteiger partial charge in [0, 0.05) is 37.3 Å². The Morgan fingerprint density at radius 3 is 2.64 bits per heavy atom. The zero-order valence-electron chi connectivity index (χ0n) is 14.9. The van der Waals surface area contributed by atoms with Crippen molar-refractivity contribution in [2.45, 2.75) is 19.6 Å². The molecule has 0 spiro atoms. The van der Waals surface area contributed by atoms with Gasteiger partial charge in [0.2, 0.25) is 0 Å². The summed E-state index contributed by atoms with van der Waals surface area (Å²) in [7, 11) is 3.96. The highest BCUT2D eigenvalue weighted by atomic mass is 32.1. The van der Waals surface area contributed by atoms with Crippen LogP contribution in [0.2, 0.25) is 0 Å². The van der Waals surface area contributed by atoms with Gasteiger partial charge in [0.25, 0.3) is 0 Å². The first-order valence-electron chi connectivity index (χ1n) is 8.38. The SMILES string of the molecule is Cc1ccc(N2C(N)=CC(N(C)C)=NC2NCCc2cccs2)cc1. The van der Waals surface area contributed by atoms with Gasteiger partial charge in [-0.15, -0.1) is 11.3 Å². The average Bonchev–Trinajstić information content (AvgIpc) is 3.09. The van der Waals surface area contributed by atoms with Gasteiger partial charge < -0.3 is 10.6 Å². The van der Waals surface area contributed by atoms with Gasteiger partial charge in [-0.2, -0.15) is 0 Å². The summed E-state index contributed by atoms with van der Waals surface area (Å²) >= 11 is 1.78. The minimum atomic E-state index is -0.218. The second-order valence-electron chi connectivity index (χ2n) is 6.31. The number of benzene rings is 1. The zero-order valence-corrected chi connectivity index (χ0v) is 15.8. The lowest BCUT2D eigenvalue weighted by Gasteiger charge is -2.36. The fourth-order valence-corrected chi connectivity index (χ4v) is 3.43. The topological polar surface area (TPSA) is 56.9 Å². The number of nitrogens with one attached hydrogen (secondary N) is 1. The summed E-state index contributed by atoms with van der Waals surface area (Å²) in [5, 5.41) is 5.64. The molecule has 0 aliphatic carbocycles. The Bertz CT molecular complexity index is 747. The molecule has 0 radical (unpaired) electrons. The molecular formula is C19H25N5S. The molecule has 6 heteroatoms. The lowest BCUT2D eigenvalue weighted by atomic mass is 10.2. The van der Waals surface area contributed by atoms with E-state index in [0.29, 0.717) is 5.82 Å². The molecule has 2 aromatic rings. The van der Waals surface area contributed by atoms with Crippen LogP contribution in [0.15, 0.2) is 58.7 Å². The van der Waals surface area contributed by atoms with Crippen LogP contribution in [-0.2, 0) is 6.42 Å². The molecule has 2 heterocycles. The van der Waals surface area contributed by atoms with E-state index in [9.17, 15) is 0 Å². The van der Waals surface area contributed by atoms with Crippen molar-refractivity contribution in [3.63, 3.8) is 0 Å². The number of hydrogen-bond donors (Lipinski definition) is 2. The summed E-state index contributed by atoms with van der Waals surface area (Å²) in [5.74, 6) is 1.56. The standard InChI is InChI=1S/C19H25N5S/c1-14-6-8-15(9-7-14)24-17(20)13-18(23(2)3)22-19(24)21-11-10-16-5-4-12-25-16/h4-9,12-13,19,21H,10-11,20H2,1-3H3. The molecule has 1 unspecified atom stereocenters. The number of amidine groups is 1. The molecule has 1 atom stereocenters. The summed E-state index contributed by atoms with van der Waals surface area (Å²) in [5.41, 5.74) is 8.64. The smallest absolute Gasteiger partial charge is 0.183 e. The van der Waals surface area contributed by atoms with Crippen molar-refractivity contribution in [2.75, 3.05) is 25.5 Å². The molecule has 0 amide bonds. The number of hydrogen-bond acceptors (Lipinski definition) is 6. The molecule has 1 aromatic heterocycles. The Balaban J connectivity index is 1.80. The number of anilines is 1. The molecule has 0 fully saturated rings. The van der Waals surface area contributed by atoms with Crippen LogP contribution in [0.1, 0.15) is 10.4 Å². The summed E-state index contributed by atoms with van der Waals surface area (Å²) in [6.07, 6.45) is 2.67. The number of nitrogens with zero attached hydrogens (tertiary/aromatic N) is 3. The number of likely N-dealkylation sites (N-methyl/N-ethyl adjacent to an activating group) is 1. The predicted molar refractivity (Wildman–Crippen MR) is 107 cm³/mol. The maximum atomic E-state index is 6.38. The molecule has 25 heavy (non-hydrogen) atoms. The number of rotatable bonds is 5. The number of nitrogens with two attached hydrogens (primary N) is 1. The average molecular weight is 356 g/mol. The van der Waals surface area contributed by atoms with Gasteiger partial charge in [0.15, 0.2) is 6.29 Å². The van der Waals surface area contributed by atoms with Crippen LogP contribution in [0.4, 0.5) is 5.69 Å². The largest absolute Gasteiger partial charge is 0.385 e. The molecule has 0 bridgehead atoms. The van der Waals surface area contributed by atoms with E-state index >= 15 is 0 Å². The van der Waals surface area contributed by atoms with E-state index in [2.05, 4.69) is 54.0 Å². The Morgan fingerprint density at radius 1 is 1.24 bits per heavy atom. The molecule has 0 saturated heterocycles. The van der Waals surface area contributed by atoms with E-state index in [0.717, 1.165) is 24.5 Å². The second kappa shape index (κ2) is 7.72. The van der Waals surface area contributed by atoms with Gasteiger partial charge in [-0.3, -0.25) is 10.2 Å². The molecule has 1 aromatic carbocycles. The fraction of sp³-hybridized carbons (Fsp3) is 0.316. The van der Waals surface area contributed by atoms with E-state index in [4.69, 9.17) is 10.7 Å². The minimum Gasteiger partial charge on any atom is -0.385 e. The van der Waals surface area contributed by atoms with E-state index < -0.39 is 0 Å². The fourth-order valence-electron chi connectivity index (χ4n) is 2.72. The lowest BCUT2D eigenvalue weighted by Crippen LogP contribution is -2.50. The summed E-state index contributed by atoms with van der Waals surface area (Å²) in [4.78, 5) is 10.2. The first-order chi connectivity index (χ1) is 12.0. The van der Waals surface area contributed by atoms with Crippen molar-refractivity contribution in [3.05, 3.63) is 64.1 Å². The normalized spacial score (nSPS) is 17.2. The van der Waals surface area contributed by atoms with Crippen LogP contribution in [0.25, 0.3) is 0 Å². The van der Waals surface area contributed by atoms with Crippen molar-refractivity contribution in [1.29, 1.82) is 0 Å². The van der Waals surface area contributed by atoms with E-state index in [-0.39, 0.29) is 6.29 Å². The first-order valence-corrected chi connectivity index (χ1v) is 9.26. The predicted octanol–water partition coefficient (Wildman–Crippen LogP) is 2.75. The highest BCUT2D eigenvalue weighted by molar-refractivity contribution is 7.09. The van der Waals surface area contributed by atoms with Gasteiger partial charge in [-0.1, -0.05) is 23.8 Å². The number of aryl methyl sites for hydroxylation is 1. The van der Waals surface area contributed by atoms with Crippen LogP contribution >= 0.6 is 11.3 Å². The summed E-state index contributed by atoms with van der Waals surface area (Å²) in [6, 6.07) is 12.6. The molecule has 1 aliphatic rings. The summed E-state index contributed by atoms with van der Waals surface area (Å²) < 4.78 is 0. The Morgan fingerprint density at radius 2 is 2.00 bits per heavy atom. The maximum absolute atomic E-state index is 6.38. The summed E-state index contributed by atoms with van der Waals surface area (Å²) in [6.45, 7) is 2.92. The molecule has 1 aliphatic heterocycles. The van der Waals surface area contributed by atoms with Gasteiger partial charge in [0.05, 0.1) is 0 Å². The molecular weight excluding hydrogens is 330 g/mol. The van der Waals surface area contributed by atoms with Crippen molar-refractivity contribution >= 4 is 22.9 Å². The van der Waals surface area contributed by atoms with Crippen molar-refractivity contribution in [1.82, 2.24) is 10.2 Å². The molecule has 132 valence electrons. The molecule has 5 nitrogen and oxygen atoms in total. The lowest BCUT2D eigenvalue weighted by molar-refractivity contribution is 0.504. The highest BCUT2D eigenvalue weighted by Gasteiger charge is 2.25. The highest BCUT2D eigenvalue weighted by Crippen LogP contribution is 2.23. The van der Waals surface area contributed by atoms with E-state index in [1.807, 2.05) is 30.0 Å². The molecule has 3 N–H and O–H groups in total. The first kappa shape index (κ1) is 17.5. The Labute approximate surface area is 153 Å². The number of aliphatic imine (C=N–C) groups is 1. The third-order valence-electron chi connectivity index (χ3n) is 4.10. The van der Waals surface area contributed by atoms with E-state index in [1.165, 1.54) is 10.4 Å². The molecule has 0 saturated carbocycles. The van der Waals surface area contributed by atoms with Gasteiger partial charge in [-0.05, 0) is 36.9 Å². The Kier molecular flexibility index (Phi) is 5.40. The quantitative estimate of drug-likeness (QED) is 0.866. The van der Waals surface area contributed by atoms with Gasteiger partial charge >= 0.3 is 0 Å². The third-order valence-corrected chi connectivity index (χ3v) is 5.04. The van der Waals surface area contributed by atoms with Crippen LogP contribution in [0, 0.1) is 6.92 Å². The van der Waals surface area contributed by atoms with Crippen molar-refractivity contribution in [3.8, 4) is 0 Å². The van der Waals surface area contributed by atoms with Gasteiger partial charge in [-0.25, -0.2) is 4.99 Å². The van der Waals surface area contributed by atoms with Crippen molar-refractivity contribution in [2.24, 2.45) is 10.7 Å². The van der Waals surface area contributed by atoms with Crippen LogP contribution in [0.5, 0.6) is 0 Å².